The molecule has 1 atom stereocenters. The van der Waals surface area contributed by atoms with E-state index in [1.54, 1.807) is 12.5 Å². The lowest BCUT2D eigenvalue weighted by molar-refractivity contribution is -0.148. The molecule has 6 nitrogen and oxygen atoms in total. The van der Waals surface area contributed by atoms with Gasteiger partial charge in [0.05, 0.1) is 17.2 Å². The van der Waals surface area contributed by atoms with Crippen molar-refractivity contribution >= 4 is 11.8 Å². The Bertz CT molecular complexity index is 665. The number of likely N-dealkylation sites (tertiary alicyclic amines) is 2. The topological polar surface area (TPSA) is 58.4 Å². The minimum Gasteiger partial charge on any atom is -0.341 e. The standard InChI is InChI=1S/C19H28N4O2/c1-15(2)23-9-3-4-18(17(23)25)7-10-22(13-18)16(24)19(5-6-19)12-21-11-8-20-14-21/h8,11,14-15H,3-7,9-10,12-13H2,1-2H3/t18-/m1/s1. The van der Waals surface area contributed by atoms with E-state index in [1.807, 2.05) is 20.6 Å². The first-order valence-electron chi connectivity index (χ1n) is 9.52. The monoisotopic (exact) mass is 344 g/mol. The van der Waals surface area contributed by atoms with Crippen LogP contribution in [0.5, 0.6) is 0 Å². The Kier molecular flexibility index (Phi) is 3.89. The van der Waals surface area contributed by atoms with E-state index in [9.17, 15) is 9.59 Å². The number of carbonyl (C=O) groups excluding carboxylic acids is 2. The normalized spacial score (nSPS) is 28.2. The van der Waals surface area contributed by atoms with Crippen molar-refractivity contribution in [3.63, 3.8) is 0 Å². The molecule has 2 amide bonds. The summed E-state index contributed by atoms with van der Waals surface area (Å²) in [5.74, 6) is 0.510. The van der Waals surface area contributed by atoms with Gasteiger partial charge in [-0.3, -0.25) is 9.59 Å². The fourth-order valence-electron chi connectivity index (χ4n) is 4.67. The number of imidazole rings is 1. The smallest absolute Gasteiger partial charge is 0.230 e. The number of rotatable bonds is 4. The van der Waals surface area contributed by atoms with Gasteiger partial charge in [-0.25, -0.2) is 4.98 Å². The van der Waals surface area contributed by atoms with Gasteiger partial charge in [-0.2, -0.15) is 0 Å². The maximum atomic E-state index is 13.2. The molecule has 0 bridgehead atoms. The summed E-state index contributed by atoms with van der Waals surface area (Å²) in [6, 6.07) is 0.241. The third kappa shape index (κ3) is 2.75. The van der Waals surface area contributed by atoms with Crippen LogP contribution in [0.3, 0.4) is 0 Å². The van der Waals surface area contributed by atoms with Crippen LogP contribution >= 0.6 is 0 Å². The van der Waals surface area contributed by atoms with Crippen LogP contribution in [0.25, 0.3) is 0 Å². The molecule has 3 fully saturated rings. The summed E-state index contributed by atoms with van der Waals surface area (Å²) in [7, 11) is 0. The van der Waals surface area contributed by atoms with Crippen LogP contribution in [0, 0.1) is 10.8 Å². The van der Waals surface area contributed by atoms with Crippen molar-refractivity contribution in [1.29, 1.82) is 0 Å². The van der Waals surface area contributed by atoms with Gasteiger partial charge in [0, 0.05) is 44.6 Å². The van der Waals surface area contributed by atoms with Crippen LogP contribution in [-0.4, -0.2) is 56.8 Å². The van der Waals surface area contributed by atoms with Crippen molar-refractivity contribution in [1.82, 2.24) is 19.4 Å². The number of piperidine rings is 1. The summed E-state index contributed by atoms with van der Waals surface area (Å²) in [4.78, 5) is 34.3. The fraction of sp³-hybridized carbons (Fsp3) is 0.737. The second-order valence-corrected chi connectivity index (χ2v) is 8.47. The van der Waals surface area contributed by atoms with Gasteiger partial charge in [-0.15, -0.1) is 0 Å². The molecule has 0 unspecified atom stereocenters. The molecular formula is C19H28N4O2. The molecule has 3 aliphatic rings. The Morgan fingerprint density at radius 1 is 1.24 bits per heavy atom. The Morgan fingerprint density at radius 3 is 2.68 bits per heavy atom. The van der Waals surface area contributed by atoms with E-state index >= 15 is 0 Å². The molecule has 4 rings (SSSR count). The summed E-state index contributed by atoms with van der Waals surface area (Å²) < 4.78 is 2.00. The van der Waals surface area contributed by atoms with E-state index in [0.29, 0.717) is 13.1 Å². The van der Waals surface area contributed by atoms with Gasteiger partial charge in [-0.05, 0) is 46.0 Å². The van der Waals surface area contributed by atoms with Crippen LogP contribution in [0.1, 0.15) is 46.0 Å². The molecule has 25 heavy (non-hydrogen) atoms. The molecule has 136 valence electrons. The summed E-state index contributed by atoms with van der Waals surface area (Å²) in [5.41, 5.74) is -0.592. The summed E-state index contributed by atoms with van der Waals surface area (Å²) in [5, 5.41) is 0. The van der Waals surface area contributed by atoms with Crippen molar-refractivity contribution in [2.75, 3.05) is 19.6 Å². The fourth-order valence-corrected chi connectivity index (χ4v) is 4.67. The minimum absolute atomic E-state index is 0.241. The molecule has 0 radical (unpaired) electrons. The van der Waals surface area contributed by atoms with Gasteiger partial charge >= 0.3 is 0 Å². The zero-order valence-corrected chi connectivity index (χ0v) is 15.3. The SMILES string of the molecule is CC(C)N1CCC[C@]2(CCN(C(=O)C3(Cn4ccnc4)CC3)C2)C1=O. The van der Waals surface area contributed by atoms with Crippen LogP contribution in [0.4, 0.5) is 0 Å². The number of hydrogen-bond donors (Lipinski definition) is 0. The highest BCUT2D eigenvalue weighted by Gasteiger charge is 2.56. The third-order valence-electron chi connectivity index (χ3n) is 6.38. The van der Waals surface area contributed by atoms with Crippen molar-refractivity contribution in [3.8, 4) is 0 Å². The molecule has 1 aromatic heterocycles. The summed E-state index contributed by atoms with van der Waals surface area (Å²) in [6.07, 6.45) is 10.1. The average Bonchev–Trinajstić information content (AvgIpc) is 2.99. The molecule has 1 spiro atoms. The Morgan fingerprint density at radius 2 is 2.04 bits per heavy atom. The first kappa shape index (κ1) is 16.6. The van der Waals surface area contributed by atoms with Crippen LogP contribution in [-0.2, 0) is 16.1 Å². The molecule has 3 heterocycles. The molecule has 1 saturated carbocycles. The molecule has 2 aliphatic heterocycles. The number of carbonyl (C=O) groups is 2. The average molecular weight is 344 g/mol. The van der Waals surface area contributed by atoms with E-state index in [0.717, 1.165) is 45.2 Å². The van der Waals surface area contributed by atoms with Gasteiger partial charge in [0.15, 0.2) is 0 Å². The molecule has 2 saturated heterocycles. The number of aromatic nitrogens is 2. The highest BCUT2D eigenvalue weighted by atomic mass is 16.2. The van der Waals surface area contributed by atoms with Crippen molar-refractivity contribution in [2.24, 2.45) is 10.8 Å². The predicted molar refractivity (Wildman–Crippen MR) is 93.6 cm³/mol. The van der Waals surface area contributed by atoms with E-state index in [1.165, 1.54) is 0 Å². The van der Waals surface area contributed by atoms with Gasteiger partial charge in [0.2, 0.25) is 11.8 Å². The van der Waals surface area contributed by atoms with Crippen molar-refractivity contribution in [3.05, 3.63) is 18.7 Å². The molecule has 1 aromatic rings. The van der Waals surface area contributed by atoms with Crippen LogP contribution in [0.2, 0.25) is 0 Å². The van der Waals surface area contributed by atoms with Crippen molar-refractivity contribution in [2.45, 2.75) is 58.5 Å². The molecule has 6 heteroatoms. The van der Waals surface area contributed by atoms with E-state index in [-0.39, 0.29) is 28.7 Å². The lowest BCUT2D eigenvalue weighted by atomic mass is 9.78. The zero-order valence-electron chi connectivity index (χ0n) is 15.3. The van der Waals surface area contributed by atoms with Crippen LogP contribution < -0.4 is 0 Å². The van der Waals surface area contributed by atoms with E-state index < -0.39 is 0 Å². The molecule has 0 N–H and O–H groups in total. The maximum Gasteiger partial charge on any atom is 0.230 e. The first-order valence-corrected chi connectivity index (χ1v) is 9.52. The Hall–Kier alpha value is -1.85. The van der Waals surface area contributed by atoms with E-state index in [2.05, 4.69) is 18.8 Å². The molecule has 0 aromatic carbocycles. The Balaban J connectivity index is 1.47. The quantitative estimate of drug-likeness (QED) is 0.838. The summed E-state index contributed by atoms with van der Waals surface area (Å²) >= 11 is 0. The zero-order chi connectivity index (χ0) is 17.7. The van der Waals surface area contributed by atoms with E-state index in [4.69, 9.17) is 0 Å². The maximum absolute atomic E-state index is 13.2. The second kappa shape index (κ2) is 5.85. The lowest BCUT2D eigenvalue weighted by Gasteiger charge is -2.41. The number of hydrogen-bond acceptors (Lipinski definition) is 3. The highest BCUT2D eigenvalue weighted by Crippen LogP contribution is 2.51. The van der Waals surface area contributed by atoms with Gasteiger partial charge in [0.25, 0.3) is 0 Å². The van der Waals surface area contributed by atoms with Gasteiger partial charge < -0.3 is 14.4 Å². The largest absolute Gasteiger partial charge is 0.341 e. The van der Waals surface area contributed by atoms with Crippen LogP contribution in [0.15, 0.2) is 18.7 Å². The van der Waals surface area contributed by atoms with Gasteiger partial charge in [0.1, 0.15) is 0 Å². The highest BCUT2D eigenvalue weighted by molar-refractivity contribution is 5.89. The molecule has 1 aliphatic carbocycles. The number of amides is 2. The number of nitrogens with zero attached hydrogens (tertiary/aromatic N) is 4. The second-order valence-electron chi connectivity index (χ2n) is 8.47. The minimum atomic E-state index is -0.330. The van der Waals surface area contributed by atoms with Crippen molar-refractivity contribution < 1.29 is 9.59 Å². The molecular weight excluding hydrogens is 316 g/mol. The lowest BCUT2D eigenvalue weighted by Crippen LogP contribution is -2.53. The predicted octanol–water partition coefficient (Wildman–Crippen LogP) is 1.91. The first-order chi connectivity index (χ1) is 12.0. The van der Waals surface area contributed by atoms with Gasteiger partial charge in [-0.1, -0.05) is 0 Å². The Labute approximate surface area is 149 Å². The summed E-state index contributed by atoms with van der Waals surface area (Å²) in [6.45, 7) is 7.07. The third-order valence-corrected chi connectivity index (χ3v) is 6.38.